The first kappa shape index (κ1) is 15.9. The number of anilines is 2. The summed E-state index contributed by atoms with van der Waals surface area (Å²) in [4.78, 5) is 26.4. The molecule has 130 valence electrons. The Bertz CT molecular complexity index is 742. The van der Waals surface area contributed by atoms with E-state index in [9.17, 15) is 9.18 Å². The number of ether oxygens (including phenoxy) is 1. The van der Waals surface area contributed by atoms with Gasteiger partial charge in [-0.15, -0.1) is 0 Å². The van der Waals surface area contributed by atoms with Gasteiger partial charge >= 0.3 is 0 Å². The predicted octanol–water partition coefficient (Wildman–Crippen LogP) is 1.63. The zero-order chi connectivity index (χ0) is 17.2. The van der Waals surface area contributed by atoms with Crippen LogP contribution in [-0.2, 0) is 9.53 Å². The zero-order valence-corrected chi connectivity index (χ0v) is 13.5. The number of carbonyl (C=O) groups is 1. The number of nitrogens with one attached hydrogen (secondary N) is 1. The van der Waals surface area contributed by atoms with Gasteiger partial charge in [-0.25, -0.2) is 14.4 Å². The molecule has 2 saturated heterocycles. The van der Waals surface area contributed by atoms with Crippen molar-refractivity contribution in [2.45, 2.75) is 25.0 Å². The fourth-order valence-electron chi connectivity index (χ4n) is 3.41. The van der Waals surface area contributed by atoms with Gasteiger partial charge in [-0.1, -0.05) is 0 Å². The maximum absolute atomic E-state index is 13.0. The average Bonchev–Trinajstić information content (AvgIpc) is 3.06. The van der Waals surface area contributed by atoms with E-state index in [4.69, 9.17) is 4.74 Å². The Labute approximate surface area is 144 Å². The minimum atomic E-state index is -0.468. The van der Waals surface area contributed by atoms with Crippen LogP contribution in [0.15, 0.2) is 36.9 Å². The number of amides is 1. The Hall–Kier alpha value is -2.61. The maximum atomic E-state index is 13.0. The second kappa shape index (κ2) is 6.72. The van der Waals surface area contributed by atoms with Gasteiger partial charge in [0.05, 0.1) is 30.4 Å². The normalized spacial score (nSPS) is 25.5. The molecule has 1 N–H and O–H groups in total. The summed E-state index contributed by atoms with van der Waals surface area (Å²) in [5.74, 6) is 0.225. The average molecular weight is 343 g/mol. The Balaban J connectivity index is 1.38. The Morgan fingerprint density at radius 2 is 2.16 bits per heavy atom. The van der Waals surface area contributed by atoms with Gasteiger partial charge in [0.15, 0.2) is 5.82 Å². The second-order valence-corrected chi connectivity index (χ2v) is 6.33. The number of hydrogen-bond acceptors (Lipinski definition) is 6. The fourth-order valence-corrected chi connectivity index (χ4v) is 3.41. The lowest BCUT2D eigenvalue weighted by Gasteiger charge is -2.33. The largest absolute Gasteiger partial charge is 0.363 e. The molecule has 1 amide bonds. The quantitative estimate of drug-likeness (QED) is 0.912. The SMILES string of the molecule is O=C(Nc1cccnc1)[C@@H]1C[C@H]2CCN(c3ncc(F)cn3)C[C@@H]2O1. The second-order valence-electron chi connectivity index (χ2n) is 6.33. The van der Waals surface area contributed by atoms with Gasteiger partial charge in [0.2, 0.25) is 5.95 Å². The smallest absolute Gasteiger partial charge is 0.253 e. The van der Waals surface area contributed by atoms with Crippen LogP contribution in [0.3, 0.4) is 0 Å². The standard InChI is InChI=1S/C17H18FN5O2/c18-12-7-20-17(21-8-12)23-5-3-11-6-14(25-15(11)10-23)16(24)22-13-2-1-4-19-9-13/h1-2,4,7-9,11,14-15H,3,5-6,10H2,(H,22,24)/t11-,14+,15+/m1/s1. The topological polar surface area (TPSA) is 80.2 Å². The molecule has 0 spiro atoms. The van der Waals surface area contributed by atoms with Crippen molar-refractivity contribution in [3.63, 3.8) is 0 Å². The van der Waals surface area contributed by atoms with E-state index >= 15 is 0 Å². The summed E-state index contributed by atoms with van der Waals surface area (Å²) in [7, 11) is 0. The minimum absolute atomic E-state index is 0.0490. The summed E-state index contributed by atoms with van der Waals surface area (Å²) in [5.41, 5.74) is 0.660. The summed E-state index contributed by atoms with van der Waals surface area (Å²) < 4.78 is 18.9. The van der Waals surface area contributed by atoms with Gasteiger partial charge in [0.1, 0.15) is 6.10 Å². The predicted molar refractivity (Wildman–Crippen MR) is 88.5 cm³/mol. The number of hydrogen-bond donors (Lipinski definition) is 1. The molecule has 2 aliphatic heterocycles. The number of aromatic nitrogens is 3. The highest BCUT2D eigenvalue weighted by molar-refractivity contribution is 5.94. The fraction of sp³-hybridized carbons (Fsp3) is 0.412. The third kappa shape index (κ3) is 3.43. The van der Waals surface area contributed by atoms with Gasteiger partial charge in [0.25, 0.3) is 5.91 Å². The Morgan fingerprint density at radius 3 is 2.92 bits per heavy atom. The molecule has 2 aromatic rings. The molecule has 0 radical (unpaired) electrons. The van der Waals surface area contributed by atoms with E-state index in [1.54, 1.807) is 24.5 Å². The van der Waals surface area contributed by atoms with Crippen molar-refractivity contribution < 1.29 is 13.9 Å². The lowest BCUT2D eigenvalue weighted by Crippen LogP contribution is -2.43. The zero-order valence-electron chi connectivity index (χ0n) is 13.5. The van der Waals surface area contributed by atoms with Gasteiger partial charge in [0, 0.05) is 19.3 Å². The minimum Gasteiger partial charge on any atom is -0.363 e. The molecule has 2 aliphatic rings. The van der Waals surface area contributed by atoms with E-state index in [0.717, 1.165) is 25.4 Å². The molecular weight excluding hydrogens is 325 g/mol. The molecule has 2 aromatic heterocycles. The van der Waals surface area contributed by atoms with Gasteiger partial charge < -0.3 is 15.0 Å². The number of carbonyl (C=O) groups excluding carboxylic acids is 1. The van der Waals surface area contributed by atoms with Crippen molar-refractivity contribution in [3.05, 3.63) is 42.7 Å². The number of piperidine rings is 1. The molecule has 4 heterocycles. The van der Waals surface area contributed by atoms with Crippen LogP contribution in [0.2, 0.25) is 0 Å². The molecule has 0 aliphatic carbocycles. The lowest BCUT2D eigenvalue weighted by atomic mass is 9.92. The molecule has 0 aromatic carbocycles. The third-order valence-electron chi connectivity index (χ3n) is 4.66. The summed E-state index contributed by atoms with van der Waals surface area (Å²) in [6.45, 7) is 1.38. The number of halogens is 1. The van der Waals surface area contributed by atoms with Crippen LogP contribution in [0, 0.1) is 11.7 Å². The van der Waals surface area contributed by atoms with Crippen LogP contribution >= 0.6 is 0 Å². The van der Waals surface area contributed by atoms with E-state index < -0.39 is 11.9 Å². The van der Waals surface area contributed by atoms with E-state index in [1.165, 1.54) is 0 Å². The van der Waals surface area contributed by atoms with E-state index in [0.29, 0.717) is 30.5 Å². The van der Waals surface area contributed by atoms with Gasteiger partial charge in [-0.2, -0.15) is 0 Å². The molecule has 8 heteroatoms. The van der Waals surface area contributed by atoms with Gasteiger partial charge in [-0.05, 0) is 30.9 Å². The third-order valence-corrected chi connectivity index (χ3v) is 4.66. The molecule has 0 unspecified atom stereocenters. The van der Waals surface area contributed by atoms with Crippen LogP contribution < -0.4 is 10.2 Å². The monoisotopic (exact) mass is 343 g/mol. The van der Waals surface area contributed by atoms with Crippen LogP contribution in [0.5, 0.6) is 0 Å². The Kier molecular flexibility index (Phi) is 4.27. The van der Waals surface area contributed by atoms with E-state index in [1.807, 2.05) is 4.90 Å². The van der Waals surface area contributed by atoms with Crippen molar-refractivity contribution in [1.29, 1.82) is 0 Å². The molecule has 7 nitrogen and oxygen atoms in total. The highest BCUT2D eigenvalue weighted by Gasteiger charge is 2.42. The van der Waals surface area contributed by atoms with Crippen molar-refractivity contribution in [3.8, 4) is 0 Å². The van der Waals surface area contributed by atoms with Gasteiger partial charge in [-0.3, -0.25) is 9.78 Å². The first-order chi connectivity index (χ1) is 12.2. The molecule has 0 saturated carbocycles. The van der Waals surface area contributed by atoms with Crippen LogP contribution in [0.1, 0.15) is 12.8 Å². The van der Waals surface area contributed by atoms with Crippen molar-refractivity contribution >= 4 is 17.5 Å². The first-order valence-electron chi connectivity index (χ1n) is 8.28. The number of nitrogens with zero attached hydrogens (tertiary/aromatic N) is 4. The highest BCUT2D eigenvalue weighted by atomic mass is 19.1. The van der Waals surface area contributed by atoms with Crippen molar-refractivity contribution in [1.82, 2.24) is 15.0 Å². The molecule has 25 heavy (non-hydrogen) atoms. The molecule has 4 rings (SSSR count). The van der Waals surface area contributed by atoms with Crippen molar-refractivity contribution in [2.75, 3.05) is 23.3 Å². The summed E-state index contributed by atoms with van der Waals surface area (Å²) in [6.07, 6.45) is 6.66. The van der Waals surface area contributed by atoms with Crippen LogP contribution in [0.4, 0.5) is 16.0 Å². The summed E-state index contributed by atoms with van der Waals surface area (Å²) in [5, 5.41) is 2.84. The maximum Gasteiger partial charge on any atom is 0.253 e. The summed E-state index contributed by atoms with van der Waals surface area (Å²) in [6, 6.07) is 3.56. The van der Waals surface area contributed by atoms with Crippen LogP contribution in [0.25, 0.3) is 0 Å². The first-order valence-corrected chi connectivity index (χ1v) is 8.28. The lowest BCUT2D eigenvalue weighted by molar-refractivity contribution is -0.126. The Morgan fingerprint density at radius 1 is 1.32 bits per heavy atom. The number of pyridine rings is 1. The summed E-state index contributed by atoms with van der Waals surface area (Å²) >= 11 is 0. The molecular formula is C17H18FN5O2. The number of fused-ring (bicyclic) bond motifs is 1. The van der Waals surface area contributed by atoms with Crippen molar-refractivity contribution in [2.24, 2.45) is 5.92 Å². The van der Waals surface area contributed by atoms with Crippen LogP contribution in [-0.4, -0.2) is 46.2 Å². The molecule has 3 atom stereocenters. The van der Waals surface area contributed by atoms with E-state index in [-0.39, 0.29) is 12.0 Å². The highest BCUT2D eigenvalue weighted by Crippen LogP contribution is 2.34. The van der Waals surface area contributed by atoms with E-state index in [2.05, 4.69) is 20.3 Å². The number of rotatable bonds is 3. The molecule has 0 bridgehead atoms. The molecule has 2 fully saturated rings.